The quantitative estimate of drug-likeness (QED) is 0.751. The number of hydrogen-bond acceptors (Lipinski definition) is 1. The molecular formula is C13H16O2. The summed E-state index contributed by atoms with van der Waals surface area (Å²) < 4.78 is 0. The molecule has 0 aromatic heterocycles. The molecule has 0 aliphatic rings. The molecule has 0 fully saturated rings. The molecule has 2 nitrogen and oxygen atoms in total. The molecule has 0 unspecified atom stereocenters. The lowest BCUT2D eigenvalue weighted by Crippen LogP contribution is -1.96. The van der Waals surface area contributed by atoms with Gasteiger partial charge in [-0.05, 0) is 56.0 Å². The Balaban J connectivity index is 3.22. The van der Waals surface area contributed by atoms with Crippen LogP contribution in [0.3, 0.4) is 0 Å². The summed E-state index contributed by atoms with van der Waals surface area (Å²) in [4.78, 5) is 10.7. The fourth-order valence-electron chi connectivity index (χ4n) is 1.43. The van der Waals surface area contributed by atoms with Crippen LogP contribution in [0, 0.1) is 20.8 Å². The molecule has 15 heavy (non-hydrogen) atoms. The molecule has 0 atom stereocenters. The van der Waals surface area contributed by atoms with E-state index in [9.17, 15) is 4.79 Å². The van der Waals surface area contributed by atoms with Crippen LogP contribution in [0.2, 0.25) is 0 Å². The fourth-order valence-corrected chi connectivity index (χ4v) is 1.43. The van der Waals surface area contributed by atoms with Gasteiger partial charge in [0.1, 0.15) is 0 Å². The van der Waals surface area contributed by atoms with E-state index >= 15 is 0 Å². The highest BCUT2D eigenvalue weighted by atomic mass is 16.4. The second kappa shape index (κ2) is 4.30. The van der Waals surface area contributed by atoms with Crippen LogP contribution in [-0.4, -0.2) is 11.1 Å². The highest BCUT2D eigenvalue weighted by Crippen LogP contribution is 2.18. The zero-order valence-electron chi connectivity index (χ0n) is 9.59. The Labute approximate surface area is 90.3 Å². The molecule has 0 amide bonds. The summed E-state index contributed by atoms with van der Waals surface area (Å²) in [6.45, 7) is 7.69. The van der Waals surface area contributed by atoms with Gasteiger partial charge in [-0.1, -0.05) is 12.1 Å². The first-order valence-corrected chi connectivity index (χ1v) is 4.91. The Hall–Kier alpha value is -1.57. The third kappa shape index (κ3) is 2.69. The monoisotopic (exact) mass is 204 g/mol. The standard InChI is InChI=1S/C13H16O2/c1-8-5-10(3)12(6-9(8)2)7-11(4)13(14)15/h5-7H,1-4H3,(H,14,15)/b11-7+. The van der Waals surface area contributed by atoms with Crippen LogP contribution in [0.1, 0.15) is 29.2 Å². The molecule has 0 spiro atoms. The smallest absolute Gasteiger partial charge is 0.331 e. The van der Waals surface area contributed by atoms with Gasteiger partial charge in [0, 0.05) is 5.57 Å². The van der Waals surface area contributed by atoms with Gasteiger partial charge in [0.05, 0.1) is 0 Å². The van der Waals surface area contributed by atoms with E-state index in [1.165, 1.54) is 11.1 Å². The summed E-state index contributed by atoms with van der Waals surface area (Å²) in [6.07, 6.45) is 1.71. The van der Waals surface area contributed by atoms with Gasteiger partial charge in [0.15, 0.2) is 0 Å². The van der Waals surface area contributed by atoms with Gasteiger partial charge in [0.2, 0.25) is 0 Å². The number of aryl methyl sites for hydroxylation is 3. The van der Waals surface area contributed by atoms with Gasteiger partial charge in [-0.25, -0.2) is 4.79 Å². The van der Waals surface area contributed by atoms with Crippen LogP contribution < -0.4 is 0 Å². The molecule has 1 N–H and O–H groups in total. The minimum absolute atomic E-state index is 0.362. The predicted octanol–water partition coefficient (Wildman–Crippen LogP) is 3.10. The zero-order chi connectivity index (χ0) is 11.6. The maximum atomic E-state index is 10.7. The predicted molar refractivity (Wildman–Crippen MR) is 61.9 cm³/mol. The Bertz CT molecular complexity index is 428. The molecule has 0 aliphatic heterocycles. The summed E-state index contributed by atoms with van der Waals surface area (Å²) in [5.74, 6) is -0.868. The van der Waals surface area contributed by atoms with Crippen molar-refractivity contribution in [3.63, 3.8) is 0 Å². The number of carboxylic acid groups (broad SMARTS) is 1. The maximum absolute atomic E-state index is 10.7. The highest BCUT2D eigenvalue weighted by molar-refractivity contribution is 5.91. The largest absolute Gasteiger partial charge is 0.478 e. The van der Waals surface area contributed by atoms with E-state index < -0.39 is 5.97 Å². The van der Waals surface area contributed by atoms with E-state index in [4.69, 9.17) is 5.11 Å². The van der Waals surface area contributed by atoms with Crippen molar-refractivity contribution in [2.75, 3.05) is 0 Å². The average Bonchev–Trinajstić information content (AvgIpc) is 2.13. The highest BCUT2D eigenvalue weighted by Gasteiger charge is 2.03. The Morgan fingerprint density at radius 3 is 2.20 bits per heavy atom. The Morgan fingerprint density at radius 2 is 1.67 bits per heavy atom. The number of carboxylic acids is 1. The van der Waals surface area contributed by atoms with Crippen molar-refractivity contribution >= 4 is 12.0 Å². The third-order valence-corrected chi connectivity index (χ3v) is 2.59. The second-order valence-electron chi connectivity index (χ2n) is 3.93. The molecular weight excluding hydrogens is 188 g/mol. The van der Waals surface area contributed by atoms with E-state index in [1.54, 1.807) is 13.0 Å². The fraction of sp³-hybridized carbons (Fsp3) is 0.308. The van der Waals surface area contributed by atoms with Crippen molar-refractivity contribution in [2.24, 2.45) is 0 Å². The zero-order valence-corrected chi connectivity index (χ0v) is 9.59. The SMILES string of the molecule is C/C(=C\c1cc(C)c(C)cc1C)C(=O)O. The van der Waals surface area contributed by atoms with Gasteiger partial charge in [-0.3, -0.25) is 0 Å². The van der Waals surface area contributed by atoms with Crippen LogP contribution in [0.25, 0.3) is 6.08 Å². The molecule has 0 saturated carbocycles. The van der Waals surface area contributed by atoms with Gasteiger partial charge in [0.25, 0.3) is 0 Å². The lowest BCUT2D eigenvalue weighted by molar-refractivity contribution is -0.132. The van der Waals surface area contributed by atoms with E-state index in [-0.39, 0.29) is 0 Å². The summed E-state index contributed by atoms with van der Waals surface area (Å²) in [6, 6.07) is 4.10. The number of aliphatic carboxylic acids is 1. The molecule has 0 saturated heterocycles. The molecule has 1 aromatic rings. The lowest BCUT2D eigenvalue weighted by atomic mass is 9.99. The number of carbonyl (C=O) groups is 1. The summed E-state index contributed by atoms with van der Waals surface area (Å²) in [5.41, 5.74) is 4.88. The van der Waals surface area contributed by atoms with Crippen molar-refractivity contribution in [3.8, 4) is 0 Å². The first-order valence-electron chi connectivity index (χ1n) is 4.91. The summed E-state index contributed by atoms with van der Waals surface area (Å²) >= 11 is 0. The second-order valence-corrected chi connectivity index (χ2v) is 3.93. The molecule has 1 aromatic carbocycles. The van der Waals surface area contributed by atoms with Gasteiger partial charge in [-0.2, -0.15) is 0 Å². The van der Waals surface area contributed by atoms with Crippen molar-refractivity contribution < 1.29 is 9.90 Å². The maximum Gasteiger partial charge on any atom is 0.331 e. The normalized spacial score (nSPS) is 11.6. The Kier molecular flexibility index (Phi) is 3.30. The van der Waals surface area contributed by atoms with Gasteiger partial charge >= 0.3 is 5.97 Å². The van der Waals surface area contributed by atoms with E-state index in [0.717, 1.165) is 11.1 Å². The van der Waals surface area contributed by atoms with Crippen molar-refractivity contribution in [2.45, 2.75) is 27.7 Å². The average molecular weight is 204 g/mol. The minimum Gasteiger partial charge on any atom is -0.478 e. The van der Waals surface area contributed by atoms with Crippen LogP contribution in [0.15, 0.2) is 17.7 Å². The summed E-state index contributed by atoms with van der Waals surface area (Å²) in [5, 5.41) is 8.79. The van der Waals surface area contributed by atoms with E-state index in [2.05, 4.69) is 13.0 Å². The molecule has 0 bridgehead atoms. The lowest BCUT2D eigenvalue weighted by Gasteiger charge is -2.06. The first-order chi connectivity index (χ1) is 6.91. The number of hydrogen-bond donors (Lipinski definition) is 1. The molecule has 2 heteroatoms. The van der Waals surface area contributed by atoms with Crippen LogP contribution in [0.4, 0.5) is 0 Å². The number of rotatable bonds is 2. The Morgan fingerprint density at radius 1 is 1.13 bits per heavy atom. The topological polar surface area (TPSA) is 37.3 Å². The van der Waals surface area contributed by atoms with Gasteiger partial charge < -0.3 is 5.11 Å². The molecule has 1 rings (SSSR count). The number of benzene rings is 1. The van der Waals surface area contributed by atoms with E-state index in [1.807, 2.05) is 19.9 Å². The van der Waals surface area contributed by atoms with Crippen LogP contribution >= 0.6 is 0 Å². The minimum atomic E-state index is -0.868. The van der Waals surface area contributed by atoms with Crippen molar-refractivity contribution in [3.05, 3.63) is 40.0 Å². The molecule has 0 aliphatic carbocycles. The first kappa shape index (κ1) is 11.5. The van der Waals surface area contributed by atoms with Crippen molar-refractivity contribution in [1.29, 1.82) is 0 Å². The third-order valence-electron chi connectivity index (χ3n) is 2.59. The van der Waals surface area contributed by atoms with Crippen molar-refractivity contribution in [1.82, 2.24) is 0 Å². The molecule has 0 radical (unpaired) electrons. The molecule has 80 valence electrons. The van der Waals surface area contributed by atoms with Crippen LogP contribution in [-0.2, 0) is 4.79 Å². The van der Waals surface area contributed by atoms with Crippen LogP contribution in [0.5, 0.6) is 0 Å². The van der Waals surface area contributed by atoms with E-state index in [0.29, 0.717) is 5.57 Å². The summed E-state index contributed by atoms with van der Waals surface area (Å²) in [7, 11) is 0. The van der Waals surface area contributed by atoms with Gasteiger partial charge in [-0.15, -0.1) is 0 Å². The molecule has 0 heterocycles.